The zero-order valence-electron chi connectivity index (χ0n) is 14.5. The van der Waals surface area contributed by atoms with Gasteiger partial charge in [-0.15, -0.1) is 0 Å². The van der Waals surface area contributed by atoms with Crippen molar-refractivity contribution in [1.82, 2.24) is 5.32 Å². The van der Waals surface area contributed by atoms with Crippen LogP contribution in [0.2, 0.25) is 0 Å². The molecule has 0 bridgehead atoms. The van der Waals surface area contributed by atoms with Crippen LogP contribution in [0, 0.1) is 6.92 Å². The maximum absolute atomic E-state index is 12.7. The summed E-state index contributed by atoms with van der Waals surface area (Å²) in [7, 11) is 1.66. The van der Waals surface area contributed by atoms with Gasteiger partial charge in [-0.05, 0) is 48.6 Å². The van der Waals surface area contributed by atoms with Crippen LogP contribution in [0.3, 0.4) is 0 Å². The van der Waals surface area contributed by atoms with Crippen LogP contribution < -0.4 is 10.1 Å². The van der Waals surface area contributed by atoms with Crippen LogP contribution in [0.25, 0.3) is 0 Å². The molecule has 1 atom stereocenters. The Bertz CT molecular complexity index is 678. The third-order valence-electron chi connectivity index (χ3n) is 4.09. The predicted octanol–water partition coefficient (Wildman–Crippen LogP) is 4.62. The smallest absolute Gasteiger partial charge is 0.252 e. The van der Waals surface area contributed by atoms with Crippen LogP contribution in [0.15, 0.2) is 42.5 Å². The van der Waals surface area contributed by atoms with Gasteiger partial charge in [-0.3, -0.25) is 4.79 Å². The van der Waals surface area contributed by atoms with E-state index in [1.165, 1.54) is 0 Å². The van der Waals surface area contributed by atoms with E-state index in [4.69, 9.17) is 4.74 Å². The SMILES string of the molecule is COc1cc(C)c(C(=O)NC(C)c2ccccc2)cc1C(C)C. The molecular weight excluding hydrogens is 286 g/mol. The van der Waals surface area contributed by atoms with Crippen LogP contribution in [-0.4, -0.2) is 13.0 Å². The van der Waals surface area contributed by atoms with Crippen LogP contribution >= 0.6 is 0 Å². The lowest BCUT2D eigenvalue weighted by Gasteiger charge is -2.18. The van der Waals surface area contributed by atoms with E-state index in [2.05, 4.69) is 19.2 Å². The minimum atomic E-state index is -0.0524. The van der Waals surface area contributed by atoms with Crippen molar-refractivity contribution >= 4 is 5.91 Å². The Morgan fingerprint density at radius 3 is 2.30 bits per heavy atom. The lowest BCUT2D eigenvalue weighted by atomic mass is 9.96. The van der Waals surface area contributed by atoms with Gasteiger partial charge in [0.05, 0.1) is 13.2 Å². The zero-order chi connectivity index (χ0) is 17.0. The molecule has 0 fully saturated rings. The summed E-state index contributed by atoms with van der Waals surface area (Å²) >= 11 is 0. The number of hydrogen-bond acceptors (Lipinski definition) is 2. The van der Waals surface area contributed by atoms with E-state index in [1.54, 1.807) is 7.11 Å². The number of carbonyl (C=O) groups is 1. The number of aryl methyl sites for hydroxylation is 1. The van der Waals surface area contributed by atoms with Crippen molar-refractivity contribution in [2.45, 2.75) is 39.7 Å². The highest BCUT2D eigenvalue weighted by Crippen LogP contribution is 2.29. The van der Waals surface area contributed by atoms with Gasteiger partial charge in [0, 0.05) is 5.56 Å². The van der Waals surface area contributed by atoms with Gasteiger partial charge >= 0.3 is 0 Å². The Hall–Kier alpha value is -2.29. The molecule has 0 saturated carbocycles. The number of ether oxygens (including phenoxy) is 1. The number of rotatable bonds is 5. The highest BCUT2D eigenvalue weighted by molar-refractivity contribution is 5.96. The molecule has 1 unspecified atom stereocenters. The summed E-state index contributed by atoms with van der Waals surface area (Å²) in [5, 5.41) is 3.08. The predicted molar refractivity (Wildman–Crippen MR) is 94.1 cm³/mol. The molecular formula is C20H25NO2. The third-order valence-corrected chi connectivity index (χ3v) is 4.09. The van der Waals surface area contributed by atoms with Gasteiger partial charge in [-0.1, -0.05) is 44.2 Å². The van der Waals surface area contributed by atoms with Gasteiger partial charge < -0.3 is 10.1 Å². The number of nitrogens with one attached hydrogen (secondary N) is 1. The summed E-state index contributed by atoms with van der Waals surface area (Å²) in [4.78, 5) is 12.7. The first-order valence-electron chi connectivity index (χ1n) is 7.98. The van der Waals surface area contributed by atoms with Crippen molar-refractivity contribution in [1.29, 1.82) is 0 Å². The average molecular weight is 311 g/mol. The molecule has 0 heterocycles. The first-order chi connectivity index (χ1) is 10.9. The van der Waals surface area contributed by atoms with Gasteiger partial charge in [0.1, 0.15) is 5.75 Å². The molecule has 0 saturated heterocycles. The summed E-state index contributed by atoms with van der Waals surface area (Å²) in [6.07, 6.45) is 0. The van der Waals surface area contributed by atoms with E-state index in [9.17, 15) is 4.79 Å². The highest BCUT2D eigenvalue weighted by atomic mass is 16.5. The van der Waals surface area contributed by atoms with Crippen molar-refractivity contribution in [3.05, 3.63) is 64.7 Å². The summed E-state index contributed by atoms with van der Waals surface area (Å²) in [5.74, 6) is 1.08. The second kappa shape index (κ2) is 7.32. The molecule has 1 amide bonds. The van der Waals surface area contributed by atoms with Crippen LogP contribution in [0.5, 0.6) is 5.75 Å². The molecule has 122 valence electrons. The number of carbonyl (C=O) groups excluding carboxylic acids is 1. The molecule has 1 N–H and O–H groups in total. The van der Waals surface area contributed by atoms with Crippen LogP contribution in [0.1, 0.15) is 59.8 Å². The second-order valence-electron chi connectivity index (χ2n) is 6.17. The molecule has 2 aromatic rings. The monoisotopic (exact) mass is 311 g/mol. The number of methoxy groups -OCH3 is 1. The quantitative estimate of drug-likeness (QED) is 0.875. The highest BCUT2D eigenvalue weighted by Gasteiger charge is 2.17. The second-order valence-corrected chi connectivity index (χ2v) is 6.17. The Kier molecular flexibility index (Phi) is 5.43. The molecule has 0 spiro atoms. The number of hydrogen-bond donors (Lipinski definition) is 1. The van der Waals surface area contributed by atoms with E-state index in [1.807, 2.05) is 56.3 Å². The standard InChI is InChI=1S/C20H25NO2/c1-13(2)17-12-18(14(3)11-19(17)23-5)20(22)21-15(4)16-9-7-6-8-10-16/h6-13,15H,1-5H3,(H,21,22). The summed E-state index contributed by atoms with van der Waals surface area (Å²) in [5.41, 5.74) is 3.77. The average Bonchev–Trinajstić information content (AvgIpc) is 2.54. The Morgan fingerprint density at radius 1 is 1.09 bits per heavy atom. The minimum absolute atomic E-state index is 0.0345. The number of amides is 1. The van der Waals surface area contributed by atoms with Gasteiger partial charge in [0.2, 0.25) is 0 Å². The van der Waals surface area contributed by atoms with E-state index in [0.29, 0.717) is 11.5 Å². The molecule has 3 nitrogen and oxygen atoms in total. The van der Waals surface area contributed by atoms with E-state index < -0.39 is 0 Å². The Balaban J connectivity index is 2.27. The van der Waals surface area contributed by atoms with Crippen molar-refractivity contribution in [2.24, 2.45) is 0 Å². The molecule has 23 heavy (non-hydrogen) atoms. The normalized spacial score (nSPS) is 12.1. The van der Waals surface area contributed by atoms with E-state index >= 15 is 0 Å². The molecule has 2 rings (SSSR count). The summed E-state index contributed by atoms with van der Waals surface area (Å²) in [6, 6.07) is 13.8. The van der Waals surface area contributed by atoms with E-state index in [-0.39, 0.29) is 11.9 Å². The molecule has 0 aliphatic carbocycles. The van der Waals surface area contributed by atoms with Crippen molar-refractivity contribution in [2.75, 3.05) is 7.11 Å². The van der Waals surface area contributed by atoms with Crippen molar-refractivity contribution < 1.29 is 9.53 Å². The fraction of sp³-hybridized carbons (Fsp3) is 0.350. The first kappa shape index (κ1) is 17.1. The molecule has 3 heteroatoms. The molecule has 0 radical (unpaired) electrons. The molecule has 0 aliphatic rings. The third kappa shape index (κ3) is 3.92. The molecule has 2 aromatic carbocycles. The van der Waals surface area contributed by atoms with Crippen LogP contribution in [0.4, 0.5) is 0 Å². The zero-order valence-corrected chi connectivity index (χ0v) is 14.5. The van der Waals surface area contributed by atoms with Gasteiger partial charge in [-0.2, -0.15) is 0 Å². The van der Waals surface area contributed by atoms with Crippen molar-refractivity contribution in [3.63, 3.8) is 0 Å². The van der Waals surface area contributed by atoms with E-state index in [0.717, 1.165) is 22.4 Å². The fourth-order valence-corrected chi connectivity index (χ4v) is 2.67. The lowest BCUT2D eigenvalue weighted by molar-refractivity contribution is 0.0939. The first-order valence-corrected chi connectivity index (χ1v) is 7.98. The largest absolute Gasteiger partial charge is 0.496 e. The van der Waals surface area contributed by atoms with Crippen LogP contribution in [-0.2, 0) is 0 Å². The summed E-state index contributed by atoms with van der Waals surface area (Å²) < 4.78 is 5.44. The molecule has 0 aliphatic heterocycles. The topological polar surface area (TPSA) is 38.3 Å². The van der Waals surface area contributed by atoms with Gasteiger partial charge in [0.25, 0.3) is 5.91 Å². The Labute approximate surface area is 138 Å². The maximum atomic E-state index is 12.7. The number of benzene rings is 2. The Morgan fingerprint density at radius 2 is 1.74 bits per heavy atom. The maximum Gasteiger partial charge on any atom is 0.252 e. The summed E-state index contributed by atoms with van der Waals surface area (Å²) in [6.45, 7) is 8.13. The fourth-order valence-electron chi connectivity index (χ4n) is 2.67. The van der Waals surface area contributed by atoms with Gasteiger partial charge in [0.15, 0.2) is 0 Å². The lowest BCUT2D eigenvalue weighted by Crippen LogP contribution is -2.27. The van der Waals surface area contributed by atoms with Gasteiger partial charge in [-0.25, -0.2) is 0 Å². The minimum Gasteiger partial charge on any atom is -0.496 e. The molecule has 0 aromatic heterocycles. The van der Waals surface area contributed by atoms with Crippen molar-refractivity contribution in [3.8, 4) is 5.75 Å².